The molecule has 0 fully saturated rings. The fraction of sp³-hybridized carbons (Fsp3) is 0.550. The number of ether oxygens (including phenoxy) is 2. The van der Waals surface area contributed by atoms with Crippen LogP contribution in [0, 0.1) is 0 Å². The summed E-state index contributed by atoms with van der Waals surface area (Å²) in [7, 11) is 0. The molecule has 0 radical (unpaired) electrons. The van der Waals surface area contributed by atoms with E-state index < -0.39 is 6.61 Å². The maximum absolute atomic E-state index is 12.9. The van der Waals surface area contributed by atoms with Crippen LogP contribution in [-0.4, -0.2) is 40.5 Å². The molecule has 0 saturated carbocycles. The third kappa shape index (κ3) is 6.91. The van der Waals surface area contributed by atoms with Crippen molar-refractivity contribution in [2.24, 2.45) is 4.99 Å². The van der Waals surface area contributed by atoms with Gasteiger partial charge in [-0.3, -0.25) is 0 Å². The van der Waals surface area contributed by atoms with Crippen molar-refractivity contribution < 1.29 is 18.3 Å². The second kappa shape index (κ2) is 12.6. The van der Waals surface area contributed by atoms with E-state index in [1.807, 2.05) is 6.92 Å². The molecule has 0 spiro atoms. The Balaban J connectivity index is 0.00000341. The number of nitrogens with one attached hydrogen (secondary N) is 2. The predicted molar refractivity (Wildman–Crippen MR) is 124 cm³/mol. The quantitative estimate of drug-likeness (QED) is 0.283. The van der Waals surface area contributed by atoms with Crippen molar-refractivity contribution in [3.63, 3.8) is 0 Å². The van der Waals surface area contributed by atoms with Crippen LogP contribution in [0.1, 0.15) is 43.9 Å². The van der Waals surface area contributed by atoms with Gasteiger partial charge in [0.25, 0.3) is 0 Å². The molecule has 2 heterocycles. The molecule has 3 rings (SSSR count). The number of fused-ring (bicyclic) bond motifs is 1. The molecule has 2 aromatic rings. The average Bonchev–Trinajstić information content (AvgIpc) is 3.15. The van der Waals surface area contributed by atoms with E-state index in [1.54, 1.807) is 25.1 Å². The second-order valence-corrected chi connectivity index (χ2v) is 6.75. The van der Waals surface area contributed by atoms with Crippen LogP contribution in [0.5, 0.6) is 11.5 Å². The number of benzene rings is 1. The Hall–Kier alpha value is -2.18. The van der Waals surface area contributed by atoms with E-state index in [9.17, 15) is 8.78 Å². The molecule has 172 valence electrons. The lowest BCUT2D eigenvalue weighted by Gasteiger charge is -2.17. The Kier molecular flexibility index (Phi) is 10.2. The Morgan fingerprint density at radius 1 is 1.23 bits per heavy atom. The van der Waals surface area contributed by atoms with Gasteiger partial charge in [-0.25, -0.2) is 4.99 Å². The molecule has 0 aliphatic carbocycles. The van der Waals surface area contributed by atoms with Gasteiger partial charge in [-0.05, 0) is 32.8 Å². The molecule has 1 aromatic carbocycles. The second-order valence-electron chi connectivity index (χ2n) is 6.75. The number of nitrogens with zero attached hydrogens (tertiary/aromatic N) is 4. The van der Waals surface area contributed by atoms with E-state index in [4.69, 9.17) is 9.47 Å². The molecule has 31 heavy (non-hydrogen) atoms. The summed E-state index contributed by atoms with van der Waals surface area (Å²) in [5.41, 5.74) is 0.512. The molecule has 11 heteroatoms. The van der Waals surface area contributed by atoms with Gasteiger partial charge in [-0.2, -0.15) is 8.78 Å². The van der Waals surface area contributed by atoms with Crippen LogP contribution in [0.2, 0.25) is 0 Å². The first kappa shape index (κ1) is 25.1. The van der Waals surface area contributed by atoms with Gasteiger partial charge >= 0.3 is 6.61 Å². The van der Waals surface area contributed by atoms with E-state index in [0.717, 1.165) is 37.5 Å². The summed E-state index contributed by atoms with van der Waals surface area (Å²) in [6.45, 7) is 3.34. The third-order valence-electron chi connectivity index (χ3n) is 4.67. The maximum Gasteiger partial charge on any atom is 0.387 e. The fourth-order valence-corrected chi connectivity index (χ4v) is 3.35. The molecular formula is C20H29F2IN6O2. The van der Waals surface area contributed by atoms with Gasteiger partial charge in [-0.1, -0.05) is 12.1 Å². The van der Waals surface area contributed by atoms with Crippen molar-refractivity contribution in [1.29, 1.82) is 0 Å². The zero-order valence-corrected chi connectivity index (χ0v) is 20.1. The number of halogens is 3. The number of rotatable bonds is 9. The summed E-state index contributed by atoms with van der Waals surface area (Å²) in [6.07, 6.45) is 3.21. The van der Waals surface area contributed by atoms with Crippen LogP contribution in [0.4, 0.5) is 8.78 Å². The molecule has 0 unspecified atom stereocenters. The number of aryl methyl sites for hydroxylation is 1. The van der Waals surface area contributed by atoms with Gasteiger partial charge in [0.15, 0.2) is 23.3 Å². The molecular weight excluding hydrogens is 521 g/mol. The maximum atomic E-state index is 12.9. The normalized spacial score (nSPS) is 13.4. The van der Waals surface area contributed by atoms with Crippen molar-refractivity contribution in [2.75, 3.05) is 13.2 Å². The Labute approximate surface area is 197 Å². The van der Waals surface area contributed by atoms with Gasteiger partial charge in [0, 0.05) is 25.1 Å². The van der Waals surface area contributed by atoms with E-state index in [0.29, 0.717) is 31.2 Å². The number of aromatic nitrogens is 3. The number of guanidine groups is 1. The van der Waals surface area contributed by atoms with Crippen LogP contribution >= 0.6 is 24.0 Å². The van der Waals surface area contributed by atoms with E-state index in [1.165, 1.54) is 0 Å². The summed E-state index contributed by atoms with van der Waals surface area (Å²) in [5, 5.41) is 14.9. The van der Waals surface area contributed by atoms with Crippen LogP contribution in [0.15, 0.2) is 23.2 Å². The monoisotopic (exact) mass is 550 g/mol. The minimum atomic E-state index is -2.94. The number of hydrogen-bond acceptors (Lipinski definition) is 5. The fourth-order valence-electron chi connectivity index (χ4n) is 3.35. The first-order valence-electron chi connectivity index (χ1n) is 10.2. The number of aliphatic imine (C=N–C) groups is 1. The van der Waals surface area contributed by atoms with Crippen molar-refractivity contribution in [2.45, 2.75) is 59.4 Å². The topological polar surface area (TPSA) is 85.6 Å². The van der Waals surface area contributed by atoms with Gasteiger partial charge in [0.05, 0.1) is 19.7 Å². The van der Waals surface area contributed by atoms with Crippen LogP contribution in [0.25, 0.3) is 0 Å². The highest BCUT2D eigenvalue weighted by Crippen LogP contribution is 2.33. The molecule has 1 aliphatic rings. The van der Waals surface area contributed by atoms with Crippen LogP contribution in [0.3, 0.4) is 0 Å². The van der Waals surface area contributed by atoms with Crippen molar-refractivity contribution in [1.82, 2.24) is 25.4 Å². The lowest BCUT2D eigenvalue weighted by Crippen LogP contribution is -2.37. The largest absolute Gasteiger partial charge is 0.490 e. The Bertz CT molecular complexity index is 862. The molecule has 8 nitrogen and oxygen atoms in total. The summed E-state index contributed by atoms with van der Waals surface area (Å²) >= 11 is 0. The first-order valence-corrected chi connectivity index (χ1v) is 10.2. The van der Waals surface area contributed by atoms with Crippen LogP contribution in [-0.2, 0) is 26.1 Å². The predicted octanol–water partition coefficient (Wildman–Crippen LogP) is 3.49. The highest BCUT2D eigenvalue weighted by molar-refractivity contribution is 14.0. The minimum absolute atomic E-state index is 0. The number of para-hydroxylation sites is 1. The van der Waals surface area contributed by atoms with Crippen molar-refractivity contribution in [3.05, 3.63) is 35.4 Å². The van der Waals surface area contributed by atoms with Gasteiger partial charge in [0.1, 0.15) is 5.82 Å². The summed E-state index contributed by atoms with van der Waals surface area (Å²) in [5.74, 6) is 2.71. The summed E-state index contributed by atoms with van der Waals surface area (Å²) in [6, 6.07) is 5.03. The van der Waals surface area contributed by atoms with Gasteiger partial charge in [0.2, 0.25) is 0 Å². The smallest absolute Gasteiger partial charge is 0.387 e. The third-order valence-corrected chi connectivity index (χ3v) is 4.67. The van der Waals surface area contributed by atoms with Crippen LogP contribution < -0.4 is 20.1 Å². The minimum Gasteiger partial charge on any atom is -0.490 e. The number of alkyl halides is 2. The van der Waals surface area contributed by atoms with Crippen molar-refractivity contribution >= 4 is 29.9 Å². The molecule has 0 saturated heterocycles. The van der Waals surface area contributed by atoms with Gasteiger partial charge in [-0.15, -0.1) is 34.2 Å². The first-order chi connectivity index (χ1) is 14.6. The molecule has 1 aromatic heterocycles. The van der Waals surface area contributed by atoms with Gasteiger partial charge < -0.3 is 24.7 Å². The summed E-state index contributed by atoms with van der Waals surface area (Å²) in [4.78, 5) is 4.52. The molecule has 0 atom stereocenters. The van der Waals surface area contributed by atoms with E-state index >= 15 is 0 Å². The zero-order valence-electron chi connectivity index (χ0n) is 17.7. The Morgan fingerprint density at radius 3 is 2.81 bits per heavy atom. The Morgan fingerprint density at radius 2 is 2.06 bits per heavy atom. The SMILES string of the molecule is CCNC(=NCc1cccc(OCC)c1OC(F)F)NCc1nnc2n1CCCC2.I. The lowest BCUT2D eigenvalue weighted by atomic mass is 10.2. The molecule has 0 bridgehead atoms. The average molecular weight is 550 g/mol. The van der Waals surface area contributed by atoms with Crippen molar-refractivity contribution in [3.8, 4) is 11.5 Å². The molecule has 1 aliphatic heterocycles. The highest BCUT2D eigenvalue weighted by atomic mass is 127. The highest BCUT2D eigenvalue weighted by Gasteiger charge is 2.17. The lowest BCUT2D eigenvalue weighted by molar-refractivity contribution is -0.0520. The van der Waals surface area contributed by atoms with E-state index in [-0.39, 0.29) is 42.0 Å². The van der Waals surface area contributed by atoms with E-state index in [2.05, 4.69) is 30.4 Å². The zero-order chi connectivity index (χ0) is 21.3. The standard InChI is InChI=1S/C20H28F2N6O2.HI/c1-3-23-20(25-13-17-27-26-16-10-5-6-11-28(16)17)24-12-14-8-7-9-15(29-4-2)18(14)30-19(21)22;/h7-9,19H,3-6,10-13H2,1-2H3,(H2,23,24,25);1H. The molecule has 2 N–H and O–H groups in total. The number of hydrogen-bond donors (Lipinski definition) is 2. The summed E-state index contributed by atoms with van der Waals surface area (Å²) < 4.78 is 38.1. The molecule has 0 amide bonds.